The Kier molecular flexibility index (Phi) is 11.1. The quantitative estimate of drug-likeness (QED) is 0.236. The first kappa shape index (κ1) is 21.2. The summed E-state index contributed by atoms with van der Waals surface area (Å²) in [6, 6.07) is 0. The fourth-order valence-electron chi connectivity index (χ4n) is 3.09. The van der Waals surface area contributed by atoms with E-state index in [0.29, 0.717) is 24.7 Å². The summed E-state index contributed by atoms with van der Waals surface area (Å²) in [5.74, 6) is 1.17. The number of hydrogen-bond acceptors (Lipinski definition) is 7. The maximum absolute atomic E-state index is 11.8. The SMILES string of the molecule is CCCC1(CNC(=O)OCCSSCCO[N+](=O)[O-])CCCCC1. The average molecular weight is 381 g/mol. The minimum Gasteiger partial charge on any atom is -0.449 e. The molecule has 0 unspecified atom stereocenters. The summed E-state index contributed by atoms with van der Waals surface area (Å²) >= 11 is 0. The minimum absolute atomic E-state index is 0.0749. The molecule has 24 heavy (non-hydrogen) atoms. The van der Waals surface area contributed by atoms with Crippen LogP contribution in [0.1, 0.15) is 51.9 Å². The van der Waals surface area contributed by atoms with Crippen molar-refractivity contribution in [3.8, 4) is 0 Å². The summed E-state index contributed by atoms with van der Waals surface area (Å²) in [6.45, 7) is 3.31. The molecule has 1 fully saturated rings. The van der Waals surface area contributed by atoms with Gasteiger partial charge in [0.1, 0.15) is 13.2 Å². The van der Waals surface area contributed by atoms with Gasteiger partial charge in [-0.05, 0) is 24.7 Å². The predicted octanol–water partition coefficient (Wildman–Crippen LogP) is 4.05. The van der Waals surface area contributed by atoms with E-state index in [9.17, 15) is 14.9 Å². The zero-order valence-corrected chi connectivity index (χ0v) is 15.9. The zero-order chi connectivity index (χ0) is 17.7. The summed E-state index contributed by atoms with van der Waals surface area (Å²) in [5.41, 5.74) is 0.258. The summed E-state index contributed by atoms with van der Waals surface area (Å²) in [5, 5.41) is 12.1. The molecule has 0 bridgehead atoms. The van der Waals surface area contributed by atoms with Gasteiger partial charge >= 0.3 is 6.09 Å². The summed E-state index contributed by atoms with van der Waals surface area (Å²) in [6.07, 6.45) is 8.15. The Hall–Kier alpha value is -0.830. The Balaban J connectivity index is 2.05. The normalized spacial score (nSPS) is 16.4. The zero-order valence-electron chi connectivity index (χ0n) is 14.3. The van der Waals surface area contributed by atoms with E-state index in [1.54, 1.807) is 0 Å². The van der Waals surface area contributed by atoms with E-state index in [-0.39, 0.29) is 18.1 Å². The molecule has 0 saturated heterocycles. The number of carbonyl (C=O) groups is 1. The van der Waals surface area contributed by atoms with Gasteiger partial charge in [0.15, 0.2) is 0 Å². The lowest BCUT2D eigenvalue weighted by atomic mass is 9.71. The monoisotopic (exact) mass is 380 g/mol. The van der Waals surface area contributed by atoms with Crippen molar-refractivity contribution in [3.05, 3.63) is 10.1 Å². The van der Waals surface area contributed by atoms with Gasteiger partial charge in [0, 0.05) is 18.1 Å². The molecule has 1 rings (SSSR count). The second kappa shape index (κ2) is 12.5. The van der Waals surface area contributed by atoms with Gasteiger partial charge in [0.2, 0.25) is 0 Å². The van der Waals surface area contributed by atoms with Crippen LogP contribution in [-0.2, 0) is 9.57 Å². The first-order valence-electron chi connectivity index (χ1n) is 8.50. The molecule has 0 heterocycles. The molecule has 1 saturated carbocycles. The van der Waals surface area contributed by atoms with Crippen LogP contribution in [0, 0.1) is 15.5 Å². The van der Waals surface area contributed by atoms with Crippen LogP contribution in [0.3, 0.4) is 0 Å². The molecule has 7 nitrogen and oxygen atoms in total. The van der Waals surface area contributed by atoms with E-state index in [4.69, 9.17) is 4.74 Å². The van der Waals surface area contributed by atoms with Crippen LogP contribution in [0.4, 0.5) is 4.79 Å². The Morgan fingerprint density at radius 3 is 2.50 bits per heavy atom. The molecule has 0 aromatic rings. The summed E-state index contributed by atoms with van der Waals surface area (Å²) in [7, 11) is 2.97. The molecule has 0 radical (unpaired) electrons. The van der Waals surface area contributed by atoms with Gasteiger partial charge < -0.3 is 14.9 Å². The fourth-order valence-corrected chi connectivity index (χ4v) is 4.74. The summed E-state index contributed by atoms with van der Waals surface area (Å²) in [4.78, 5) is 25.9. The molecule has 1 N–H and O–H groups in total. The van der Waals surface area contributed by atoms with Crippen molar-refractivity contribution < 1.29 is 19.5 Å². The number of carbonyl (C=O) groups excluding carboxylic acids is 1. The number of nitrogens with one attached hydrogen (secondary N) is 1. The van der Waals surface area contributed by atoms with Crippen LogP contribution >= 0.6 is 21.6 Å². The van der Waals surface area contributed by atoms with Crippen molar-refractivity contribution in [1.29, 1.82) is 0 Å². The van der Waals surface area contributed by atoms with Gasteiger partial charge in [0.05, 0.1) is 0 Å². The molecule has 0 atom stereocenters. The third-order valence-electron chi connectivity index (χ3n) is 4.15. The van der Waals surface area contributed by atoms with E-state index in [1.165, 1.54) is 53.7 Å². The first-order valence-corrected chi connectivity index (χ1v) is 11.0. The van der Waals surface area contributed by atoms with Gasteiger partial charge in [-0.1, -0.05) is 54.2 Å². The maximum Gasteiger partial charge on any atom is 0.407 e. The first-order chi connectivity index (χ1) is 11.6. The summed E-state index contributed by atoms with van der Waals surface area (Å²) < 4.78 is 5.18. The topological polar surface area (TPSA) is 90.7 Å². The molecule has 0 aromatic carbocycles. The van der Waals surface area contributed by atoms with Crippen molar-refractivity contribution in [2.24, 2.45) is 5.41 Å². The average Bonchev–Trinajstić information content (AvgIpc) is 2.56. The Bertz CT molecular complexity index is 373. The lowest BCUT2D eigenvalue weighted by Gasteiger charge is -2.37. The van der Waals surface area contributed by atoms with E-state index in [2.05, 4.69) is 17.1 Å². The molecule has 0 aliphatic heterocycles. The van der Waals surface area contributed by atoms with Crippen molar-refractivity contribution in [1.82, 2.24) is 5.32 Å². The lowest BCUT2D eigenvalue weighted by Crippen LogP contribution is -2.39. The number of rotatable bonds is 12. The highest BCUT2D eigenvalue weighted by Gasteiger charge is 2.31. The van der Waals surface area contributed by atoms with Gasteiger partial charge in [-0.15, -0.1) is 10.1 Å². The predicted molar refractivity (Wildman–Crippen MR) is 97.6 cm³/mol. The molecular formula is C15H28N2O5S2. The number of ether oxygens (including phenoxy) is 1. The highest BCUT2D eigenvalue weighted by molar-refractivity contribution is 8.76. The van der Waals surface area contributed by atoms with Crippen molar-refractivity contribution in [3.63, 3.8) is 0 Å². The van der Waals surface area contributed by atoms with Crippen LogP contribution in [0.15, 0.2) is 0 Å². The molecular weight excluding hydrogens is 352 g/mol. The molecule has 1 aliphatic carbocycles. The fraction of sp³-hybridized carbons (Fsp3) is 0.933. The van der Waals surface area contributed by atoms with Crippen LogP contribution in [-0.4, -0.2) is 42.4 Å². The largest absolute Gasteiger partial charge is 0.449 e. The number of hydrogen-bond donors (Lipinski definition) is 1. The second-order valence-corrected chi connectivity index (χ2v) is 8.70. The number of nitrogens with zero attached hydrogens (tertiary/aromatic N) is 1. The lowest BCUT2D eigenvalue weighted by molar-refractivity contribution is -0.756. The van der Waals surface area contributed by atoms with E-state index < -0.39 is 5.09 Å². The smallest absolute Gasteiger partial charge is 0.407 e. The molecule has 140 valence electrons. The Morgan fingerprint density at radius 1 is 1.21 bits per heavy atom. The van der Waals surface area contributed by atoms with E-state index >= 15 is 0 Å². The Morgan fingerprint density at radius 2 is 1.88 bits per heavy atom. The maximum atomic E-state index is 11.8. The number of alkyl carbamates (subject to hydrolysis) is 1. The Labute approximate surface area is 151 Å². The van der Waals surface area contributed by atoms with Gasteiger partial charge in [-0.3, -0.25) is 0 Å². The third-order valence-corrected chi connectivity index (χ3v) is 6.48. The second-order valence-electron chi connectivity index (χ2n) is 6.00. The molecule has 0 aromatic heterocycles. The minimum atomic E-state index is -0.795. The standard InChI is InChI=1S/C15H28N2O5S2/c1-2-6-15(7-4-3-5-8-15)13-16-14(18)21-9-11-23-24-12-10-22-17(19)20/h2-13H2,1H3,(H,16,18). The van der Waals surface area contributed by atoms with Crippen LogP contribution in [0.2, 0.25) is 0 Å². The molecule has 0 spiro atoms. The number of amides is 1. The van der Waals surface area contributed by atoms with E-state index in [0.717, 1.165) is 12.8 Å². The van der Waals surface area contributed by atoms with E-state index in [1.807, 2.05) is 0 Å². The highest BCUT2D eigenvalue weighted by atomic mass is 33.1. The van der Waals surface area contributed by atoms with Gasteiger partial charge in [0.25, 0.3) is 5.09 Å². The highest BCUT2D eigenvalue weighted by Crippen LogP contribution is 2.39. The molecule has 9 heteroatoms. The third kappa shape index (κ3) is 9.46. The van der Waals surface area contributed by atoms with Gasteiger partial charge in [-0.25, -0.2) is 4.79 Å². The van der Waals surface area contributed by atoms with Crippen molar-refractivity contribution >= 4 is 27.7 Å². The van der Waals surface area contributed by atoms with Crippen molar-refractivity contribution in [2.75, 3.05) is 31.3 Å². The van der Waals surface area contributed by atoms with Crippen molar-refractivity contribution in [2.45, 2.75) is 51.9 Å². The van der Waals surface area contributed by atoms with Crippen LogP contribution < -0.4 is 5.32 Å². The van der Waals surface area contributed by atoms with Crippen LogP contribution in [0.5, 0.6) is 0 Å². The molecule has 1 amide bonds. The van der Waals surface area contributed by atoms with Crippen LogP contribution in [0.25, 0.3) is 0 Å². The van der Waals surface area contributed by atoms with Gasteiger partial charge in [-0.2, -0.15) is 0 Å². The molecule has 1 aliphatic rings.